The molecule has 3 rings (SSSR count). The van der Waals surface area contributed by atoms with Crippen LogP contribution in [0, 0.1) is 12.3 Å². The minimum Gasteiger partial charge on any atom is -0.463 e. The van der Waals surface area contributed by atoms with Crippen LogP contribution in [-0.2, 0) is 4.74 Å². The van der Waals surface area contributed by atoms with Gasteiger partial charge in [-0.05, 0) is 32.4 Å². The van der Waals surface area contributed by atoms with Gasteiger partial charge in [-0.2, -0.15) is 0 Å². The Morgan fingerprint density at radius 1 is 1.26 bits per heavy atom. The minimum atomic E-state index is -0.519. The molecule has 9 nitrogen and oxygen atoms in total. The Balaban J connectivity index is 0.00000172. The molecule has 1 saturated heterocycles. The molecule has 11 heteroatoms. The van der Waals surface area contributed by atoms with Crippen LogP contribution >= 0.6 is 22.9 Å². The number of amidine groups is 1. The minimum absolute atomic E-state index is 0.00880. The predicted molar refractivity (Wildman–Crippen MR) is 156 cm³/mol. The van der Waals surface area contributed by atoms with Crippen molar-refractivity contribution in [1.29, 1.82) is 5.41 Å². The van der Waals surface area contributed by atoms with E-state index in [2.05, 4.69) is 20.6 Å². The fourth-order valence-corrected chi connectivity index (χ4v) is 4.23. The number of aryl methyl sites for hydroxylation is 1. The average Bonchev–Trinajstić information content (AvgIpc) is 3.53. The van der Waals surface area contributed by atoms with E-state index in [0.717, 1.165) is 23.5 Å². The summed E-state index contributed by atoms with van der Waals surface area (Å²) in [7, 11) is 0. The molecule has 0 radical (unpaired) electrons. The molecule has 1 atom stereocenters. The van der Waals surface area contributed by atoms with Crippen molar-refractivity contribution in [3.05, 3.63) is 62.9 Å². The quantitative estimate of drug-likeness (QED) is 0.303. The number of allylic oxidation sites excluding steroid dienone is 2. The number of thiazole rings is 1. The van der Waals surface area contributed by atoms with Crippen molar-refractivity contribution in [2.75, 3.05) is 18.5 Å². The first-order valence-electron chi connectivity index (χ1n) is 12.8. The topological polar surface area (TPSA) is 120 Å². The van der Waals surface area contributed by atoms with Crippen molar-refractivity contribution in [3.63, 3.8) is 0 Å². The smallest absolute Gasteiger partial charge is 0.285 e. The lowest BCUT2D eigenvalue weighted by Crippen LogP contribution is -2.32. The number of halogens is 1. The Hall–Kier alpha value is -3.24. The summed E-state index contributed by atoms with van der Waals surface area (Å²) in [6.07, 6.45) is 8.52. The van der Waals surface area contributed by atoms with Gasteiger partial charge >= 0.3 is 0 Å². The van der Waals surface area contributed by atoms with Gasteiger partial charge in [0.05, 0.1) is 16.6 Å². The number of hydrogen-bond donors (Lipinski definition) is 3. The molecular formula is C27H39ClN6O3S. The van der Waals surface area contributed by atoms with Gasteiger partial charge < -0.3 is 20.3 Å². The number of anilines is 1. The number of carbonyl (C=O) groups excluding carboxylic acids is 2. The summed E-state index contributed by atoms with van der Waals surface area (Å²) in [6.45, 7) is 14.9. The fourth-order valence-electron chi connectivity index (χ4n) is 3.30. The Morgan fingerprint density at radius 2 is 1.97 bits per heavy atom. The standard InChI is InChI=1S/C23H27ClN6O3S.2C2H6/c1-4-6-17(8-5-7-14(2)30-11-12-33-23(30)25)28-22(32)20-19(27-15(3)34-20)21(31)29-18-10-9-16(24)13-26-18;2*1-2/h5-7,9-10,13-14,25H,4,8,11-12H2,1-3H3,(H,28,32)(H,26,29,31);2*1-2H3/b7-5-,17-6+,25-23?;;. The van der Waals surface area contributed by atoms with Crippen LogP contribution in [-0.4, -0.2) is 51.9 Å². The highest BCUT2D eigenvalue weighted by atomic mass is 35.5. The number of nitrogens with zero attached hydrogens (tertiary/aromatic N) is 3. The monoisotopic (exact) mass is 562 g/mol. The second-order valence-electron chi connectivity index (χ2n) is 7.54. The van der Waals surface area contributed by atoms with Gasteiger partial charge in [0.2, 0.25) is 0 Å². The molecule has 2 aromatic heterocycles. The van der Waals surface area contributed by atoms with Crippen molar-refractivity contribution in [2.24, 2.45) is 0 Å². The highest BCUT2D eigenvalue weighted by Gasteiger charge is 2.24. The lowest BCUT2D eigenvalue weighted by atomic mass is 10.2. The van der Waals surface area contributed by atoms with Crippen LogP contribution < -0.4 is 10.6 Å². The van der Waals surface area contributed by atoms with Crippen LogP contribution in [0.5, 0.6) is 0 Å². The van der Waals surface area contributed by atoms with Crippen LogP contribution in [0.3, 0.4) is 0 Å². The highest BCUT2D eigenvalue weighted by molar-refractivity contribution is 7.14. The summed E-state index contributed by atoms with van der Waals surface area (Å²) in [5.74, 6) is -0.598. The van der Waals surface area contributed by atoms with Crippen molar-refractivity contribution < 1.29 is 14.3 Å². The molecule has 0 aromatic carbocycles. The summed E-state index contributed by atoms with van der Waals surface area (Å²) in [5, 5.41) is 14.4. The number of ether oxygens (including phenoxy) is 1. The third-order valence-electron chi connectivity index (χ3n) is 4.92. The largest absolute Gasteiger partial charge is 0.463 e. The zero-order valence-electron chi connectivity index (χ0n) is 23.2. The molecular weight excluding hydrogens is 524 g/mol. The first kappa shape index (κ1) is 32.8. The van der Waals surface area contributed by atoms with E-state index in [9.17, 15) is 9.59 Å². The molecule has 208 valence electrons. The molecule has 0 bridgehead atoms. The zero-order valence-corrected chi connectivity index (χ0v) is 24.8. The lowest BCUT2D eigenvalue weighted by molar-refractivity contribution is 0.0952. The number of rotatable bonds is 9. The zero-order chi connectivity index (χ0) is 28.7. The van der Waals surface area contributed by atoms with Gasteiger partial charge in [-0.1, -0.05) is 64.4 Å². The molecule has 3 N–H and O–H groups in total. The van der Waals surface area contributed by atoms with E-state index in [0.29, 0.717) is 35.4 Å². The van der Waals surface area contributed by atoms with Gasteiger partial charge in [0.25, 0.3) is 17.8 Å². The van der Waals surface area contributed by atoms with Crippen molar-refractivity contribution >= 4 is 46.6 Å². The maximum Gasteiger partial charge on any atom is 0.285 e. The Labute approximate surface area is 234 Å². The molecule has 38 heavy (non-hydrogen) atoms. The highest BCUT2D eigenvalue weighted by Crippen LogP contribution is 2.20. The van der Waals surface area contributed by atoms with Gasteiger partial charge in [-0.3, -0.25) is 15.0 Å². The molecule has 2 aromatic rings. The molecule has 0 aliphatic carbocycles. The van der Waals surface area contributed by atoms with Crippen LogP contribution in [0.2, 0.25) is 5.02 Å². The second kappa shape index (κ2) is 17.3. The van der Waals surface area contributed by atoms with Crippen LogP contribution in [0.1, 0.15) is 79.6 Å². The van der Waals surface area contributed by atoms with E-state index >= 15 is 0 Å². The normalized spacial score (nSPS) is 13.6. The maximum atomic E-state index is 13.0. The van der Waals surface area contributed by atoms with Crippen LogP contribution in [0.25, 0.3) is 0 Å². The van der Waals surface area contributed by atoms with Crippen LogP contribution in [0.4, 0.5) is 5.82 Å². The number of amides is 2. The Kier molecular flexibility index (Phi) is 14.9. The molecule has 1 unspecified atom stereocenters. The molecule has 1 fully saturated rings. The maximum absolute atomic E-state index is 13.0. The fraction of sp³-hybridized carbons (Fsp3) is 0.444. The predicted octanol–water partition coefficient (Wildman–Crippen LogP) is 6.43. The lowest BCUT2D eigenvalue weighted by Gasteiger charge is -2.20. The van der Waals surface area contributed by atoms with Gasteiger partial charge in [-0.25, -0.2) is 9.97 Å². The second-order valence-corrected chi connectivity index (χ2v) is 9.18. The average molecular weight is 563 g/mol. The molecule has 2 amide bonds. The first-order chi connectivity index (χ1) is 18.3. The number of aromatic nitrogens is 2. The Morgan fingerprint density at radius 3 is 2.55 bits per heavy atom. The summed E-state index contributed by atoms with van der Waals surface area (Å²) >= 11 is 6.99. The van der Waals surface area contributed by atoms with Gasteiger partial charge in [-0.15, -0.1) is 11.3 Å². The van der Waals surface area contributed by atoms with E-state index in [4.69, 9.17) is 21.7 Å². The number of pyridine rings is 1. The molecule has 3 heterocycles. The summed E-state index contributed by atoms with van der Waals surface area (Å²) in [5.41, 5.74) is 0.768. The third kappa shape index (κ3) is 9.90. The van der Waals surface area contributed by atoms with E-state index in [-0.39, 0.29) is 22.6 Å². The third-order valence-corrected chi connectivity index (χ3v) is 6.12. The SMILES string of the molecule is CC.CC.CC/C=C(\C/C=C\C(C)N1CCOC1=N)NC(=O)c1sc(C)nc1C(=O)Nc1ccc(Cl)cn1. The van der Waals surface area contributed by atoms with Gasteiger partial charge in [0, 0.05) is 24.4 Å². The number of nitrogens with one attached hydrogen (secondary N) is 3. The number of hydrogen-bond acceptors (Lipinski definition) is 7. The summed E-state index contributed by atoms with van der Waals surface area (Å²) < 4.78 is 5.19. The first-order valence-corrected chi connectivity index (χ1v) is 14.0. The molecule has 1 aliphatic heterocycles. The van der Waals surface area contributed by atoms with E-state index in [1.165, 1.54) is 6.20 Å². The van der Waals surface area contributed by atoms with Crippen LogP contribution in [0.15, 0.2) is 42.3 Å². The molecule has 0 saturated carbocycles. The summed E-state index contributed by atoms with van der Waals surface area (Å²) in [6, 6.07) is 3.37. The van der Waals surface area contributed by atoms with E-state index in [1.807, 2.05) is 64.7 Å². The number of carbonyl (C=O) groups is 2. The van der Waals surface area contributed by atoms with Crippen molar-refractivity contribution in [3.8, 4) is 0 Å². The van der Waals surface area contributed by atoms with Crippen molar-refractivity contribution in [2.45, 2.75) is 67.3 Å². The molecule has 1 aliphatic rings. The van der Waals surface area contributed by atoms with Crippen molar-refractivity contribution in [1.82, 2.24) is 20.2 Å². The van der Waals surface area contributed by atoms with Gasteiger partial charge in [0.1, 0.15) is 17.3 Å². The summed E-state index contributed by atoms with van der Waals surface area (Å²) in [4.78, 5) is 36.2. The van der Waals surface area contributed by atoms with E-state index in [1.54, 1.807) is 19.1 Å². The van der Waals surface area contributed by atoms with E-state index < -0.39 is 11.8 Å². The van der Waals surface area contributed by atoms with Gasteiger partial charge in [0.15, 0.2) is 5.69 Å². The Bertz CT molecular complexity index is 1110. The molecule has 0 spiro atoms.